The highest BCUT2D eigenvalue weighted by atomic mass is 16.5. The van der Waals surface area contributed by atoms with Crippen LogP contribution in [0.1, 0.15) is 19.4 Å². The van der Waals surface area contributed by atoms with Crippen LogP contribution in [0.5, 0.6) is 0 Å². The number of morpholine rings is 1. The Labute approximate surface area is 104 Å². The molecule has 0 radical (unpaired) electrons. The van der Waals surface area contributed by atoms with E-state index in [1.807, 2.05) is 0 Å². The monoisotopic (exact) mass is 229 g/mol. The fourth-order valence-corrected chi connectivity index (χ4v) is 1.99. The van der Waals surface area contributed by atoms with Crippen molar-refractivity contribution in [2.24, 2.45) is 0 Å². The average molecular weight is 229 g/mol. The van der Waals surface area contributed by atoms with Crippen molar-refractivity contribution in [1.29, 1.82) is 0 Å². The Morgan fingerprint density at radius 1 is 1.18 bits per heavy atom. The van der Waals surface area contributed by atoms with Crippen molar-refractivity contribution in [3.8, 4) is 12.3 Å². The van der Waals surface area contributed by atoms with E-state index in [1.54, 1.807) is 0 Å². The van der Waals surface area contributed by atoms with Crippen LogP contribution >= 0.6 is 0 Å². The van der Waals surface area contributed by atoms with E-state index >= 15 is 0 Å². The van der Waals surface area contributed by atoms with Gasteiger partial charge in [-0.25, -0.2) is 0 Å². The Hall–Kier alpha value is -1.46. The van der Waals surface area contributed by atoms with E-state index in [-0.39, 0.29) is 5.41 Å². The molecule has 1 heterocycles. The molecule has 1 aromatic carbocycles. The molecule has 2 rings (SSSR count). The lowest BCUT2D eigenvalue weighted by atomic mass is 9.86. The average Bonchev–Trinajstić information content (AvgIpc) is 2.40. The second-order valence-corrected chi connectivity index (χ2v) is 4.92. The second kappa shape index (κ2) is 4.81. The lowest BCUT2D eigenvalue weighted by molar-refractivity contribution is 0.122. The first-order valence-corrected chi connectivity index (χ1v) is 6.04. The van der Waals surface area contributed by atoms with Crippen LogP contribution in [0, 0.1) is 12.3 Å². The lowest BCUT2D eigenvalue weighted by Crippen LogP contribution is -2.36. The van der Waals surface area contributed by atoms with Crippen LogP contribution in [0.3, 0.4) is 0 Å². The zero-order chi connectivity index (χ0) is 12.3. The molecular formula is C15H19NO. The van der Waals surface area contributed by atoms with Gasteiger partial charge in [-0.1, -0.05) is 18.1 Å². The van der Waals surface area contributed by atoms with Gasteiger partial charge in [0.25, 0.3) is 0 Å². The number of hydrogen-bond acceptors (Lipinski definition) is 2. The number of nitrogens with zero attached hydrogens (tertiary/aromatic N) is 1. The molecule has 17 heavy (non-hydrogen) atoms. The molecule has 0 spiro atoms. The largest absolute Gasteiger partial charge is 0.378 e. The van der Waals surface area contributed by atoms with Crippen LogP contribution in [-0.2, 0) is 10.2 Å². The van der Waals surface area contributed by atoms with E-state index in [0.717, 1.165) is 26.3 Å². The van der Waals surface area contributed by atoms with Crippen LogP contribution in [0.2, 0.25) is 0 Å². The van der Waals surface area contributed by atoms with Gasteiger partial charge in [-0.3, -0.25) is 0 Å². The van der Waals surface area contributed by atoms with Crippen molar-refractivity contribution in [1.82, 2.24) is 0 Å². The van der Waals surface area contributed by atoms with Crippen LogP contribution in [0.25, 0.3) is 0 Å². The summed E-state index contributed by atoms with van der Waals surface area (Å²) in [7, 11) is 0. The van der Waals surface area contributed by atoms with Crippen molar-refractivity contribution < 1.29 is 4.74 Å². The summed E-state index contributed by atoms with van der Waals surface area (Å²) in [5.41, 5.74) is 2.26. The Balaban J connectivity index is 2.15. The van der Waals surface area contributed by atoms with E-state index in [4.69, 9.17) is 11.2 Å². The molecule has 2 nitrogen and oxygen atoms in total. The minimum absolute atomic E-state index is 0.191. The van der Waals surface area contributed by atoms with Gasteiger partial charge in [0.2, 0.25) is 0 Å². The fourth-order valence-electron chi connectivity index (χ4n) is 1.99. The normalized spacial score (nSPS) is 16.6. The maximum Gasteiger partial charge on any atom is 0.0642 e. The number of anilines is 1. The molecule has 2 heteroatoms. The minimum atomic E-state index is -0.191. The first-order chi connectivity index (χ1) is 8.13. The van der Waals surface area contributed by atoms with Crippen molar-refractivity contribution >= 4 is 5.69 Å². The summed E-state index contributed by atoms with van der Waals surface area (Å²) in [5, 5.41) is 0. The molecule has 90 valence electrons. The highest BCUT2D eigenvalue weighted by molar-refractivity contribution is 5.49. The molecule has 1 aromatic rings. The summed E-state index contributed by atoms with van der Waals surface area (Å²) < 4.78 is 5.35. The van der Waals surface area contributed by atoms with E-state index in [2.05, 4.69) is 48.9 Å². The van der Waals surface area contributed by atoms with Crippen molar-refractivity contribution in [2.75, 3.05) is 31.2 Å². The SMILES string of the molecule is C#CC(C)(C)c1ccc(N2CCOCC2)cc1. The number of rotatable bonds is 2. The van der Waals surface area contributed by atoms with Gasteiger partial charge in [-0.05, 0) is 31.5 Å². The molecule has 1 aliphatic rings. The van der Waals surface area contributed by atoms with Gasteiger partial charge in [-0.15, -0.1) is 6.42 Å². The third kappa shape index (κ3) is 2.62. The first-order valence-electron chi connectivity index (χ1n) is 6.04. The molecule has 0 aliphatic carbocycles. The Bertz CT molecular complexity index is 408. The summed E-state index contributed by atoms with van der Waals surface area (Å²) >= 11 is 0. The maximum atomic E-state index is 5.54. The predicted molar refractivity (Wildman–Crippen MR) is 71.3 cm³/mol. The summed E-state index contributed by atoms with van der Waals surface area (Å²) in [4.78, 5) is 2.34. The summed E-state index contributed by atoms with van der Waals surface area (Å²) in [6, 6.07) is 8.56. The molecule has 1 fully saturated rings. The summed E-state index contributed by atoms with van der Waals surface area (Å²) in [5.74, 6) is 2.82. The van der Waals surface area contributed by atoms with Crippen molar-refractivity contribution in [3.05, 3.63) is 29.8 Å². The summed E-state index contributed by atoms with van der Waals surface area (Å²) in [6.45, 7) is 7.71. The zero-order valence-electron chi connectivity index (χ0n) is 10.6. The Morgan fingerprint density at radius 2 is 1.76 bits per heavy atom. The quantitative estimate of drug-likeness (QED) is 0.722. The van der Waals surface area contributed by atoms with E-state index in [1.165, 1.54) is 11.3 Å². The Morgan fingerprint density at radius 3 is 2.29 bits per heavy atom. The summed E-state index contributed by atoms with van der Waals surface area (Å²) in [6.07, 6.45) is 5.54. The first kappa shape index (κ1) is 12.0. The van der Waals surface area contributed by atoms with Crippen LogP contribution < -0.4 is 4.90 Å². The molecule has 0 atom stereocenters. The van der Waals surface area contributed by atoms with Gasteiger partial charge in [0.15, 0.2) is 0 Å². The van der Waals surface area contributed by atoms with Crippen molar-refractivity contribution in [3.63, 3.8) is 0 Å². The van der Waals surface area contributed by atoms with Gasteiger partial charge in [0.05, 0.1) is 18.6 Å². The van der Waals surface area contributed by atoms with Gasteiger partial charge < -0.3 is 9.64 Å². The highest BCUT2D eigenvalue weighted by Gasteiger charge is 2.17. The molecule has 0 aromatic heterocycles. The molecule has 0 N–H and O–H groups in total. The molecule has 0 amide bonds. The predicted octanol–water partition coefficient (Wildman–Crippen LogP) is 2.43. The lowest BCUT2D eigenvalue weighted by Gasteiger charge is -2.29. The van der Waals surface area contributed by atoms with Crippen molar-refractivity contribution in [2.45, 2.75) is 19.3 Å². The van der Waals surface area contributed by atoms with Gasteiger partial charge in [0.1, 0.15) is 0 Å². The second-order valence-electron chi connectivity index (χ2n) is 4.92. The smallest absolute Gasteiger partial charge is 0.0642 e. The molecule has 1 saturated heterocycles. The number of ether oxygens (including phenoxy) is 1. The maximum absolute atomic E-state index is 5.54. The number of hydrogen-bond donors (Lipinski definition) is 0. The van der Waals surface area contributed by atoms with E-state index < -0.39 is 0 Å². The van der Waals surface area contributed by atoms with E-state index in [9.17, 15) is 0 Å². The zero-order valence-corrected chi connectivity index (χ0v) is 10.6. The van der Waals surface area contributed by atoms with Crippen LogP contribution in [0.4, 0.5) is 5.69 Å². The topological polar surface area (TPSA) is 12.5 Å². The van der Waals surface area contributed by atoms with Crippen LogP contribution in [-0.4, -0.2) is 26.3 Å². The Kier molecular flexibility index (Phi) is 3.40. The van der Waals surface area contributed by atoms with Gasteiger partial charge in [-0.2, -0.15) is 0 Å². The highest BCUT2D eigenvalue weighted by Crippen LogP contribution is 2.25. The third-order valence-electron chi connectivity index (χ3n) is 3.33. The van der Waals surface area contributed by atoms with Gasteiger partial charge in [0, 0.05) is 18.8 Å². The molecule has 0 unspecified atom stereocenters. The molecule has 0 bridgehead atoms. The fraction of sp³-hybridized carbons (Fsp3) is 0.467. The number of benzene rings is 1. The minimum Gasteiger partial charge on any atom is -0.378 e. The van der Waals surface area contributed by atoms with Gasteiger partial charge >= 0.3 is 0 Å². The number of terminal acetylenes is 1. The third-order valence-corrected chi connectivity index (χ3v) is 3.33. The van der Waals surface area contributed by atoms with E-state index in [0.29, 0.717) is 0 Å². The molecule has 1 aliphatic heterocycles. The molecular weight excluding hydrogens is 210 g/mol. The molecule has 0 saturated carbocycles. The standard InChI is InChI=1S/C15H19NO/c1-4-15(2,3)13-5-7-14(8-6-13)16-9-11-17-12-10-16/h1,5-8H,9-12H2,2-3H3. The van der Waals surface area contributed by atoms with Crippen LogP contribution in [0.15, 0.2) is 24.3 Å².